The van der Waals surface area contributed by atoms with E-state index in [4.69, 9.17) is 5.73 Å². The second-order valence-corrected chi connectivity index (χ2v) is 4.54. The number of amides is 1. The number of nitrogens with two attached hydrogens (primary N) is 1. The zero-order valence-electron chi connectivity index (χ0n) is 9.38. The van der Waals surface area contributed by atoms with Gasteiger partial charge in [0.1, 0.15) is 0 Å². The van der Waals surface area contributed by atoms with Gasteiger partial charge in [-0.3, -0.25) is 9.48 Å². The van der Waals surface area contributed by atoms with E-state index in [1.165, 1.54) is 11.3 Å². The number of aromatic nitrogens is 3. The van der Waals surface area contributed by atoms with Crippen LogP contribution >= 0.6 is 11.3 Å². The largest absolute Gasteiger partial charge is 0.375 e. The van der Waals surface area contributed by atoms with Crippen molar-refractivity contribution >= 4 is 22.4 Å². The maximum Gasteiger partial charge on any atom is 0.226 e. The Labute approximate surface area is 102 Å². The number of nitrogens with zero attached hydrogens (tertiary/aromatic N) is 3. The Balaban J connectivity index is 1.82. The van der Waals surface area contributed by atoms with Crippen molar-refractivity contribution in [3.63, 3.8) is 0 Å². The minimum atomic E-state index is -0.0702. The minimum Gasteiger partial charge on any atom is -0.375 e. The fourth-order valence-corrected chi connectivity index (χ4v) is 1.96. The minimum absolute atomic E-state index is 0.0702. The average Bonchev–Trinajstić information content (AvgIpc) is 2.85. The summed E-state index contributed by atoms with van der Waals surface area (Å²) < 4.78 is 1.70. The molecular weight excluding hydrogens is 238 g/mol. The van der Waals surface area contributed by atoms with Crippen LogP contribution in [0.4, 0.5) is 5.13 Å². The van der Waals surface area contributed by atoms with Gasteiger partial charge in [-0.1, -0.05) is 0 Å². The molecule has 0 aliphatic rings. The Morgan fingerprint density at radius 2 is 2.47 bits per heavy atom. The number of rotatable bonds is 4. The summed E-state index contributed by atoms with van der Waals surface area (Å²) in [5, 5.41) is 9.10. The molecule has 0 aliphatic carbocycles. The van der Waals surface area contributed by atoms with Crippen LogP contribution < -0.4 is 11.1 Å². The van der Waals surface area contributed by atoms with Crippen molar-refractivity contribution in [1.82, 2.24) is 20.1 Å². The zero-order chi connectivity index (χ0) is 12.3. The monoisotopic (exact) mass is 251 g/mol. The molecule has 17 heavy (non-hydrogen) atoms. The number of carbonyl (C=O) groups is 1. The maximum atomic E-state index is 11.6. The molecular formula is C10H13N5OS. The fraction of sp³-hybridized carbons (Fsp3) is 0.300. The van der Waals surface area contributed by atoms with Gasteiger partial charge in [-0.15, -0.1) is 11.3 Å². The van der Waals surface area contributed by atoms with Gasteiger partial charge >= 0.3 is 0 Å². The number of aryl methyl sites for hydroxylation is 1. The fourth-order valence-electron chi connectivity index (χ4n) is 1.39. The highest BCUT2D eigenvalue weighted by Crippen LogP contribution is 2.11. The van der Waals surface area contributed by atoms with Crippen LogP contribution in [0.1, 0.15) is 11.3 Å². The molecule has 7 heteroatoms. The van der Waals surface area contributed by atoms with E-state index in [9.17, 15) is 4.79 Å². The van der Waals surface area contributed by atoms with Crippen molar-refractivity contribution in [2.75, 3.05) is 5.73 Å². The summed E-state index contributed by atoms with van der Waals surface area (Å²) >= 11 is 1.34. The van der Waals surface area contributed by atoms with Crippen LogP contribution in [-0.4, -0.2) is 20.7 Å². The number of hydrogen-bond acceptors (Lipinski definition) is 5. The molecule has 2 heterocycles. The molecule has 0 bridgehead atoms. The van der Waals surface area contributed by atoms with Crippen molar-refractivity contribution in [3.8, 4) is 0 Å². The van der Waals surface area contributed by atoms with E-state index in [2.05, 4.69) is 15.4 Å². The van der Waals surface area contributed by atoms with E-state index >= 15 is 0 Å². The normalized spacial score (nSPS) is 10.4. The summed E-state index contributed by atoms with van der Waals surface area (Å²) in [6.07, 6.45) is 3.84. The predicted molar refractivity (Wildman–Crippen MR) is 65.3 cm³/mol. The Morgan fingerprint density at radius 1 is 1.65 bits per heavy atom. The van der Waals surface area contributed by atoms with E-state index < -0.39 is 0 Å². The Hall–Kier alpha value is -1.89. The summed E-state index contributed by atoms with van der Waals surface area (Å²) in [4.78, 5) is 15.6. The average molecular weight is 251 g/mol. The standard InChI is InChI=1S/C10H13N5OS/c1-15-5-7(4-13-15)3-12-9(16)2-8-6-17-10(11)14-8/h4-6H,2-3H2,1H3,(H2,11,14)(H,12,16). The number of anilines is 1. The molecule has 0 fully saturated rings. The number of carbonyl (C=O) groups excluding carboxylic acids is 1. The summed E-state index contributed by atoms with van der Waals surface area (Å²) in [5.41, 5.74) is 7.16. The van der Waals surface area contributed by atoms with E-state index in [-0.39, 0.29) is 12.3 Å². The quantitative estimate of drug-likeness (QED) is 0.819. The van der Waals surface area contributed by atoms with Crippen molar-refractivity contribution in [1.29, 1.82) is 0 Å². The van der Waals surface area contributed by atoms with Crippen LogP contribution in [0.3, 0.4) is 0 Å². The SMILES string of the molecule is Cn1cc(CNC(=O)Cc2csc(N)n2)cn1. The van der Waals surface area contributed by atoms with Gasteiger partial charge in [0.05, 0.1) is 18.3 Å². The van der Waals surface area contributed by atoms with Gasteiger partial charge in [0.25, 0.3) is 0 Å². The summed E-state index contributed by atoms with van der Waals surface area (Å²) in [6.45, 7) is 0.478. The van der Waals surface area contributed by atoms with Crippen LogP contribution in [0.5, 0.6) is 0 Å². The topological polar surface area (TPSA) is 85.8 Å². The highest BCUT2D eigenvalue weighted by molar-refractivity contribution is 7.13. The molecule has 0 aliphatic heterocycles. The molecule has 6 nitrogen and oxygen atoms in total. The van der Waals surface area contributed by atoms with Gasteiger partial charge in [-0.05, 0) is 0 Å². The van der Waals surface area contributed by atoms with Crippen molar-refractivity contribution in [3.05, 3.63) is 29.0 Å². The van der Waals surface area contributed by atoms with Crippen molar-refractivity contribution < 1.29 is 4.79 Å². The van der Waals surface area contributed by atoms with Gasteiger partial charge in [0.15, 0.2) is 5.13 Å². The van der Waals surface area contributed by atoms with Crippen LogP contribution in [0, 0.1) is 0 Å². The zero-order valence-corrected chi connectivity index (χ0v) is 10.2. The molecule has 3 N–H and O–H groups in total. The molecule has 0 radical (unpaired) electrons. The summed E-state index contributed by atoms with van der Waals surface area (Å²) in [6, 6.07) is 0. The highest BCUT2D eigenvalue weighted by Gasteiger charge is 2.06. The highest BCUT2D eigenvalue weighted by atomic mass is 32.1. The predicted octanol–water partition coefficient (Wildman–Crippen LogP) is 0.318. The lowest BCUT2D eigenvalue weighted by molar-refractivity contribution is -0.120. The molecule has 0 saturated heterocycles. The van der Waals surface area contributed by atoms with Crippen LogP contribution in [0.2, 0.25) is 0 Å². The third kappa shape index (κ3) is 3.28. The molecule has 0 aromatic carbocycles. The lowest BCUT2D eigenvalue weighted by Crippen LogP contribution is -2.24. The molecule has 1 amide bonds. The lowest BCUT2D eigenvalue weighted by Gasteiger charge is -2.01. The smallest absolute Gasteiger partial charge is 0.226 e. The summed E-state index contributed by atoms with van der Waals surface area (Å²) in [7, 11) is 1.84. The Bertz CT molecular complexity index is 518. The number of nitrogen functional groups attached to an aromatic ring is 1. The number of hydrogen-bond donors (Lipinski definition) is 2. The Morgan fingerprint density at radius 3 is 3.06 bits per heavy atom. The van der Waals surface area contributed by atoms with Gasteiger partial charge in [0, 0.05) is 30.7 Å². The number of thiazole rings is 1. The third-order valence-corrected chi connectivity index (χ3v) is 2.88. The van der Waals surface area contributed by atoms with Gasteiger partial charge in [-0.2, -0.15) is 5.10 Å². The lowest BCUT2D eigenvalue weighted by atomic mass is 10.3. The molecule has 0 saturated carbocycles. The first-order chi connectivity index (χ1) is 8.13. The van der Waals surface area contributed by atoms with E-state index in [1.807, 2.05) is 13.2 Å². The summed E-state index contributed by atoms with van der Waals surface area (Å²) in [5.74, 6) is -0.0702. The van der Waals surface area contributed by atoms with Crippen LogP contribution in [0.15, 0.2) is 17.8 Å². The van der Waals surface area contributed by atoms with Crippen molar-refractivity contribution in [2.45, 2.75) is 13.0 Å². The van der Waals surface area contributed by atoms with Crippen molar-refractivity contribution in [2.24, 2.45) is 7.05 Å². The first-order valence-corrected chi connectivity index (χ1v) is 5.95. The van der Waals surface area contributed by atoms with E-state index in [1.54, 1.807) is 16.3 Å². The second-order valence-electron chi connectivity index (χ2n) is 3.65. The maximum absolute atomic E-state index is 11.6. The molecule has 90 valence electrons. The molecule has 0 spiro atoms. The Kier molecular flexibility index (Phi) is 3.38. The first-order valence-electron chi connectivity index (χ1n) is 5.07. The molecule has 2 rings (SSSR count). The van der Waals surface area contributed by atoms with Crippen LogP contribution in [-0.2, 0) is 24.8 Å². The number of nitrogens with one attached hydrogen (secondary N) is 1. The van der Waals surface area contributed by atoms with Gasteiger partial charge < -0.3 is 11.1 Å². The van der Waals surface area contributed by atoms with Crippen LogP contribution in [0.25, 0.3) is 0 Å². The second kappa shape index (κ2) is 4.96. The van der Waals surface area contributed by atoms with Gasteiger partial charge in [0.2, 0.25) is 5.91 Å². The first kappa shape index (κ1) is 11.6. The van der Waals surface area contributed by atoms with Gasteiger partial charge in [-0.25, -0.2) is 4.98 Å². The third-order valence-electron chi connectivity index (χ3n) is 2.16. The van der Waals surface area contributed by atoms with E-state index in [0.717, 1.165) is 5.56 Å². The molecule has 0 atom stereocenters. The molecule has 2 aromatic rings. The van der Waals surface area contributed by atoms with E-state index in [0.29, 0.717) is 17.4 Å². The molecule has 2 aromatic heterocycles. The molecule has 0 unspecified atom stereocenters.